The lowest BCUT2D eigenvalue weighted by Gasteiger charge is -2.47. The summed E-state index contributed by atoms with van der Waals surface area (Å²) in [6, 6.07) is 0. The van der Waals surface area contributed by atoms with Crippen molar-refractivity contribution >= 4 is 12.4 Å². The smallest absolute Gasteiger partial charge is 0.0492 e. The zero-order valence-electron chi connectivity index (χ0n) is 15.7. The molecule has 3 rings (SSSR count). The average molecular weight is 355 g/mol. The summed E-state index contributed by atoms with van der Waals surface area (Å²) < 4.78 is 0. The van der Waals surface area contributed by atoms with E-state index in [0.717, 1.165) is 42.1 Å². The highest BCUT2D eigenvalue weighted by Gasteiger charge is 2.37. The summed E-state index contributed by atoms with van der Waals surface area (Å²) >= 11 is 0. The highest BCUT2D eigenvalue weighted by Crippen LogP contribution is 2.34. The normalized spacial score (nSPS) is 31.0. The first-order valence-corrected chi connectivity index (χ1v) is 9.42. The molecule has 2 fully saturated rings. The summed E-state index contributed by atoms with van der Waals surface area (Å²) in [6.07, 6.45) is 15.3. The van der Waals surface area contributed by atoms with E-state index in [4.69, 9.17) is 5.73 Å². The van der Waals surface area contributed by atoms with Crippen molar-refractivity contribution in [2.24, 2.45) is 15.8 Å². The lowest BCUT2D eigenvalue weighted by Crippen LogP contribution is -2.58. The van der Waals surface area contributed by atoms with E-state index in [0.29, 0.717) is 0 Å². The molecule has 4 N–H and O–H groups in total. The first-order chi connectivity index (χ1) is 12.7. The molecule has 1 atom stereocenters. The standard InChI is InChI=1S/C20H30N6/c1-16-18(17(12-21)13-22-2)14-25-24-10-6-19(16)26-11-5-8-20(15-26)7-3-4-9-23-20/h6,10,12-14,23,25H,1,3-5,7-9,11,15,21H2,2H3/b17-12?,18-14+,19-6?,22-13?,24-10-. The van der Waals surface area contributed by atoms with Crippen molar-refractivity contribution in [3.05, 3.63) is 47.5 Å². The van der Waals surface area contributed by atoms with Gasteiger partial charge in [-0.25, -0.2) is 0 Å². The summed E-state index contributed by atoms with van der Waals surface area (Å²) in [4.78, 5) is 6.56. The third-order valence-corrected chi connectivity index (χ3v) is 5.48. The van der Waals surface area contributed by atoms with E-state index in [9.17, 15) is 0 Å². The maximum atomic E-state index is 5.83. The maximum absolute atomic E-state index is 5.83. The number of allylic oxidation sites excluding steroid dienone is 3. The molecule has 6 nitrogen and oxygen atoms in total. The molecule has 0 amide bonds. The first-order valence-electron chi connectivity index (χ1n) is 9.42. The molecule has 0 aromatic heterocycles. The monoisotopic (exact) mass is 354 g/mol. The van der Waals surface area contributed by atoms with Gasteiger partial charge in [0.05, 0.1) is 0 Å². The summed E-state index contributed by atoms with van der Waals surface area (Å²) in [5.74, 6) is 0. The second-order valence-electron chi connectivity index (χ2n) is 7.19. The molecule has 3 aliphatic heterocycles. The van der Waals surface area contributed by atoms with E-state index >= 15 is 0 Å². The number of hydrogen-bond acceptors (Lipinski definition) is 6. The lowest BCUT2D eigenvalue weighted by atomic mass is 9.81. The Morgan fingerprint density at radius 3 is 2.96 bits per heavy atom. The average Bonchev–Trinajstić information content (AvgIpc) is 2.65. The van der Waals surface area contributed by atoms with Crippen molar-refractivity contribution in [2.75, 3.05) is 26.7 Å². The zero-order chi connectivity index (χ0) is 18.4. The Balaban J connectivity index is 1.87. The van der Waals surface area contributed by atoms with Crippen LogP contribution in [0.5, 0.6) is 0 Å². The van der Waals surface area contributed by atoms with Crippen molar-refractivity contribution in [2.45, 2.75) is 37.6 Å². The number of nitrogens with one attached hydrogen (secondary N) is 2. The van der Waals surface area contributed by atoms with Gasteiger partial charge in [-0.05, 0) is 38.3 Å². The number of nitrogens with zero attached hydrogens (tertiary/aromatic N) is 3. The fourth-order valence-corrected chi connectivity index (χ4v) is 4.19. The van der Waals surface area contributed by atoms with Gasteiger partial charge < -0.3 is 16.0 Å². The number of hydrazone groups is 1. The van der Waals surface area contributed by atoms with Crippen molar-refractivity contribution in [1.29, 1.82) is 0 Å². The predicted molar refractivity (Wildman–Crippen MR) is 109 cm³/mol. The third-order valence-electron chi connectivity index (χ3n) is 5.48. The molecular weight excluding hydrogens is 324 g/mol. The third kappa shape index (κ3) is 3.90. The molecule has 1 spiro atoms. The fourth-order valence-electron chi connectivity index (χ4n) is 4.19. The number of rotatable bonds is 3. The van der Waals surface area contributed by atoms with Crippen LogP contribution in [0.4, 0.5) is 0 Å². The van der Waals surface area contributed by atoms with E-state index < -0.39 is 0 Å². The van der Waals surface area contributed by atoms with Crippen molar-refractivity contribution in [3.63, 3.8) is 0 Å². The lowest BCUT2D eigenvalue weighted by molar-refractivity contribution is 0.124. The topological polar surface area (TPSA) is 78.0 Å². The van der Waals surface area contributed by atoms with Crippen LogP contribution in [0.25, 0.3) is 0 Å². The molecule has 6 heteroatoms. The van der Waals surface area contributed by atoms with Crippen LogP contribution in [0.1, 0.15) is 32.1 Å². The summed E-state index contributed by atoms with van der Waals surface area (Å²) in [5.41, 5.74) is 12.8. The molecule has 140 valence electrons. The fraction of sp³-hybridized carbons (Fsp3) is 0.500. The summed E-state index contributed by atoms with van der Waals surface area (Å²) in [7, 11) is 1.74. The Bertz CT molecular complexity index is 671. The van der Waals surface area contributed by atoms with Gasteiger partial charge in [0.25, 0.3) is 0 Å². The van der Waals surface area contributed by atoms with E-state index in [-0.39, 0.29) is 5.54 Å². The number of nitrogens with two attached hydrogens (primary N) is 1. The quantitative estimate of drug-likeness (QED) is 0.678. The summed E-state index contributed by atoms with van der Waals surface area (Å²) in [5, 5.41) is 8.02. The molecule has 1 unspecified atom stereocenters. The molecule has 26 heavy (non-hydrogen) atoms. The molecule has 0 bridgehead atoms. The van der Waals surface area contributed by atoms with Gasteiger partial charge in [0.15, 0.2) is 0 Å². The van der Waals surface area contributed by atoms with Crippen molar-refractivity contribution in [1.82, 2.24) is 15.6 Å². The van der Waals surface area contributed by atoms with Crippen LogP contribution in [0.2, 0.25) is 0 Å². The van der Waals surface area contributed by atoms with Crippen LogP contribution in [-0.2, 0) is 0 Å². The van der Waals surface area contributed by atoms with Crippen molar-refractivity contribution in [3.8, 4) is 0 Å². The minimum absolute atomic E-state index is 0.233. The van der Waals surface area contributed by atoms with E-state index in [2.05, 4.69) is 32.3 Å². The molecule has 3 heterocycles. The van der Waals surface area contributed by atoms with Crippen molar-refractivity contribution < 1.29 is 0 Å². The Kier molecular flexibility index (Phi) is 5.93. The molecule has 3 aliphatic rings. The maximum Gasteiger partial charge on any atom is 0.0492 e. The van der Waals surface area contributed by atoms with Gasteiger partial charge in [-0.3, -0.25) is 10.4 Å². The Labute approximate surface area is 156 Å². The highest BCUT2D eigenvalue weighted by atomic mass is 15.3. The van der Waals surface area contributed by atoms with Gasteiger partial charge in [0.2, 0.25) is 0 Å². The first kappa shape index (κ1) is 18.5. The molecular formula is C20H30N6. The molecule has 0 aromatic rings. The molecule has 0 radical (unpaired) electrons. The van der Waals surface area contributed by atoms with Gasteiger partial charge in [-0.2, -0.15) is 5.10 Å². The SMILES string of the molecule is C=C1C(N2CCCC3(CCCCN3)C2)=C/C=N\N/C=C\1C(C=NC)=CN. The Hall–Kier alpha value is -2.34. The number of piperidine rings is 2. The minimum atomic E-state index is 0.233. The Morgan fingerprint density at radius 1 is 1.38 bits per heavy atom. The van der Waals surface area contributed by atoms with Gasteiger partial charge in [-0.1, -0.05) is 13.0 Å². The number of likely N-dealkylation sites (tertiary alicyclic amines) is 1. The van der Waals surface area contributed by atoms with Crippen LogP contribution in [0.15, 0.2) is 57.6 Å². The second kappa shape index (κ2) is 8.36. The molecule has 0 saturated carbocycles. The zero-order valence-corrected chi connectivity index (χ0v) is 15.7. The van der Waals surface area contributed by atoms with E-state index in [1.165, 1.54) is 32.1 Å². The largest absolute Gasteiger partial charge is 0.404 e. The minimum Gasteiger partial charge on any atom is -0.404 e. The van der Waals surface area contributed by atoms with E-state index in [1.54, 1.807) is 25.7 Å². The number of aliphatic imine (C=N–C) groups is 1. The van der Waals surface area contributed by atoms with Gasteiger partial charge in [0.1, 0.15) is 0 Å². The van der Waals surface area contributed by atoms with Crippen LogP contribution in [-0.4, -0.2) is 49.5 Å². The molecule has 2 saturated heterocycles. The highest BCUT2D eigenvalue weighted by molar-refractivity contribution is 5.88. The van der Waals surface area contributed by atoms with Gasteiger partial charge in [-0.15, -0.1) is 0 Å². The predicted octanol–water partition coefficient (Wildman–Crippen LogP) is 2.05. The molecule has 0 aliphatic carbocycles. The second-order valence-corrected chi connectivity index (χ2v) is 7.19. The van der Waals surface area contributed by atoms with E-state index in [1.807, 2.05) is 12.3 Å². The summed E-state index contributed by atoms with van der Waals surface area (Å²) in [6.45, 7) is 7.55. The number of hydrogen-bond donors (Lipinski definition) is 3. The Morgan fingerprint density at radius 2 is 2.23 bits per heavy atom. The van der Waals surface area contributed by atoms with Gasteiger partial charge >= 0.3 is 0 Å². The van der Waals surface area contributed by atoms with Crippen LogP contribution in [0, 0.1) is 0 Å². The van der Waals surface area contributed by atoms with Crippen LogP contribution in [0.3, 0.4) is 0 Å². The van der Waals surface area contributed by atoms with Crippen LogP contribution >= 0.6 is 0 Å². The van der Waals surface area contributed by atoms with Gasteiger partial charge in [0, 0.05) is 72.9 Å². The van der Waals surface area contributed by atoms with Crippen LogP contribution < -0.4 is 16.5 Å². The molecule has 0 aromatic carbocycles.